The fraction of sp³-hybridized carbons (Fsp3) is 0.292. The van der Waals surface area contributed by atoms with Crippen LogP contribution in [0, 0.1) is 5.92 Å². The minimum absolute atomic E-state index is 0.0223. The van der Waals surface area contributed by atoms with Crippen molar-refractivity contribution >= 4 is 46.3 Å². The highest BCUT2D eigenvalue weighted by molar-refractivity contribution is 7.15. The van der Waals surface area contributed by atoms with Gasteiger partial charge in [0.05, 0.1) is 0 Å². The number of hydrogen-bond donors (Lipinski definition) is 2. The van der Waals surface area contributed by atoms with Crippen molar-refractivity contribution in [1.29, 1.82) is 0 Å². The standard InChI is InChI=1S/C24H24ClN5O3S/c25-18-6-8-19(9-7-18)27-21(32)22-28-29-23(34-22)24(33)30-12-10-16(11-13-30)14-20(31)26-15-17-4-2-1-3-5-17/h1-9,16H,10-15H2,(H,26,31)(H,27,32). The predicted molar refractivity (Wildman–Crippen MR) is 131 cm³/mol. The van der Waals surface area contributed by atoms with E-state index < -0.39 is 5.91 Å². The lowest BCUT2D eigenvalue weighted by Crippen LogP contribution is -2.39. The molecule has 1 aliphatic heterocycles. The van der Waals surface area contributed by atoms with E-state index >= 15 is 0 Å². The molecule has 0 unspecified atom stereocenters. The molecule has 3 aromatic rings. The maximum atomic E-state index is 12.8. The summed E-state index contributed by atoms with van der Waals surface area (Å²) in [6.07, 6.45) is 1.93. The number of anilines is 1. The number of hydrogen-bond acceptors (Lipinski definition) is 6. The first kappa shape index (κ1) is 23.8. The highest BCUT2D eigenvalue weighted by Crippen LogP contribution is 2.23. The van der Waals surface area contributed by atoms with Crippen LogP contribution in [0.15, 0.2) is 54.6 Å². The third-order valence-corrected chi connectivity index (χ3v) is 6.77. The van der Waals surface area contributed by atoms with Crippen LogP contribution >= 0.6 is 22.9 Å². The molecule has 2 aromatic carbocycles. The van der Waals surface area contributed by atoms with Crippen molar-refractivity contribution in [1.82, 2.24) is 20.4 Å². The molecule has 10 heteroatoms. The van der Waals surface area contributed by atoms with Gasteiger partial charge in [0.1, 0.15) is 0 Å². The Balaban J connectivity index is 1.23. The minimum atomic E-state index is -0.431. The number of nitrogens with zero attached hydrogens (tertiary/aromatic N) is 3. The minimum Gasteiger partial charge on any atom is -0.352 e. The number of aromatic nitrogens is 2. The molecule has 4 rings (SSSR count). The van der Waals surface area contributed by atoms with Crippen molar-refractivity contribution in [2.45, 2.75) is 25.8 Å². The zero-order chi connectivity index (χ0) is 23.9. The van der Waals surface area contributed by atoms with Crippen molar-refractivity contribution in [3.63, 3.8) is 0 Å². The Morgan fingerprint density at radius 2 is 1.65 bits per heavy atom. The molecule has 0 aliphatic carbocycles. The van der Waals surface area contributed by atoms with Crippen molar-refractivity contribution in [3.05, 3.63) is 75.2 Å². The van der Waals surface area contributed by atoms with Crippen LogP contribution in [0.25, 0.3) is 0 Å². The van der Waals surface area contributed by atoms with Gasteiger partial charge in [0.15, 0.2) is 0 Å². The summed E-state index contributed by atoms with van der Waals surface area (Å²) in [4.78, 5) is 39.2. The molecule has 1 saturated heterocycles. The van der Waals surface area contributed by atoms with Gasteiger partial charge in [-0.25, -0.2) is 0 Å². The molecule has 2 heterocycles. The number of benzene rings is 2. The SMILES string of the molecule is O=C(CC1CCN(C(=O)c2nnc(C(=O)Nc3ccc(Cl)cc3)s2)CC1)NCc1ccccc1. The van der Waals surface area contributed by atoms with Gasteiger partial charge in [-0.2, -0.15) is 0 Å². The second-order valence-electron chi connectivity index (χ2n) is 8.08. The van der Waals surface area contributed by atoms with E-state index in [2.05, 4.69) is 20.8 Å². The van der Waals surface area contributed by atoms with Crippen LogP contribution in [0.4, 0.5) is 5.69 Å². The Kier molecular flexibility index (Phi) is 7.87. The fourth-order valence-corrected chi connectivity index (χ4v) is 4.56. The molecule has 0 saturated carbocycles. The second-order valence-corrected chi connectivity index (χ2v) is 9.49. The van der Waals surface area contributed by atoms with Crippen LogP contribution in [0.1, 0.15) is 44.4 Å². The predicted octanol–water partition coefficient (Wildman–Crippen LogP) is 4.00. The summed E-state index contributed by atoms with van der Waals surface area (Å²) >= 11 is 6.82. The highest BCUT2D eigenvalue weighted by atomic mass is 35.5. The Bertz CT molecular complexity index is 1140. The van der Waals surface area contributed by atoms with Gasteiger partial charge in [-0.3, -0.25) is 14.4 Å². The van der Waals surface area contributed by atoms with Crippen LogP contribution in [0.2, 0.25) is 5.02 Å². The number of amides is 3. The zero-order valence-electron chi connectivity index (χ0n) is 18.4. The maximum absolute atomic E-state index is 12.8. The van der Waals surface area contributed by atoms with Crippen LogP contribution in [-0.4, -0.2) is 45.9 Å². The van der Waals surface area contributed by atoms with E-state index in [4.69, 9.17) is 11.6 Å². The molecular weight excluding hydrogens is 474 g/mol. The van der Waals surface area contributed by atoms with E-state index in [1.807, 2.05) is 30.3 Å². The number of nitrogens with one attached hydrogen (secondary N) is 2. The molecule has 3 amide bonds. The zero-order valence-corrected chi connectivity index (χ0v) is 19.9. The Morgan fingerprint density at radius 1 is 0.971 bits per heavy atom. The van der Waals surface area contributed by atoms with Crippen LogP contribution < -0.4 is 10.6 Å². The van der Waals surface area contributed by atoms with Gasteiger partial charge in [-0.15, -0.1) is 10.2 Å². The topological polar surface area (TPSA) is 104 Å². The van der Waals surface area contributed by atoms with Crippen LogP contribution in [-0.2, 0) is 11.3 Å². The highest BCUT2D eigenvalue weighted by Gasteiger charge is 2.27. The van der Waals surface area contributed by atoms with Gasteiger partial charge in [0.2, 0.25) is 15.9 Å². The van der Waals surface area contributed by atoms with E-state index in [0.29, 0.717) is 36.8 Å². The smallest absolute Gasteiger partial charge is 0.286 e. The summed E-state index contributed by atoms with van der Waals surface area (Å²) < 4.78 is 0. The number of halogens is 1. The van der Waals surface area contributed by atoms with Crippen LogP contribution in [0.3, 0.4) is 0 Å². The van der Waals surface area contributed by atoms with E-state index in [-0.39, 0.29) is 27.7 Å². The van der Waals surface area contributed by atoms with Crippen molar-refractivity contribution in [2.75, 3.05) is 18.4 Å². The molecule has 1 fully saturated rings. The summed E-state index contributed by atoms with van der Waals surface area (Å²) in [5, 5.41) is 14.3. The first-order chi connectivity index (χ1) is 16.5. The average Bonchev–Trinajstić information content (AvgIpc) is 3.35. The summed E-state index contributed by atoms with van der Waals surface area (Å²) in [7, 11) is 0. The number of carbonyl (C=O) groups excluding carboxylic acids is 3. The summed E-state index contributed by atoms with van der Waals surface area (Å²) in [5.74, 6) is -0.418. The van der Waals surface area contributed by atoms with E-state index in [1.165, 1.54) is 0 Å². The van der Waals surface area contributed by atoms with Crippen LogP contribution in [0.5, 0.6) is 0 Å². The maximum Gasteiger partial charge on any atom is 0.286 e. The van der Waals surface area contributed by atoms with Crippen molar-refractivity contribution in [2.24, 2.45) is 5.92 Å². The van der Waals surface area contributed by atoms with Crippen molar-refractivity contribution < 1.29 is 14.4 Å². The fourth-order valence-electron chi connectivity index (χ4n) is 3.73. The lowest BCUT2D eigenvalue weighted by atomic mass is 9.93. The Labute approximate surface area is 206 Å². The van der Waals surface area contributed by atoms with E-state index in [0.717, 1.165) is 29.7 Å². The van der Waals surface area contributed by atoms with Gasteiger partial charge in [0, 0.05) is 36.8 Å². The molecule has 0 bridgehead atoms. The molecule has 1 aliphatic rings. The first-order valence-corrected chi connectivity index (χ1v) is 12.2. The van der Waals surface area contributed by atoms with Crippen molar-refractivity contribution in [3.8, 4) is 0 Å². The van der Waals surface area contributed by atoms with Gasteiger partial charge in [-0.1, -0.05) is 53.3 Å². The summed E-state index contributed by atoms with van der Waals surface area (Å²) in [5.41, 5.74) is 1.64. The first-order valence-electron chi connectivity index (χ1n) is 11.0. The molecule has 0 atom stereocenters. The number of likely N-dealkylation sites (tertiary alicyclic amines) is 1. The molecule has 8 nitrogen and oxygen atoms in total. The molecule has 2 N–H and O–H groups in total. The number of carbonyl (C=O) groups is 3. The number of piperidine rings is 1. The molecule has 176 valence electrons. The monoisotopic (exact) mass is 497 g/mol. The third kappa shape index (κ3) is 6.39. The van der Waals surface area contributed by atoms with E-state index in [1.54, 1.807) is 29.2 Å². The summed E-state index contributed by atoms with van der Waals surface area (Å²) in [6, 6.07) is 16.5. The molecule has 34 heavy (non-hydrogen) atoms. The lowest BCUT2D eigenvalue weighted by Gasteiger charge is -2.31. The lowest BCUT2D eigenvalue weighted by molar-refractivity contribution is -0.122. The van der Waals surface area contributed by atoms with Gasteiger partial charge >= 0.3 is 0 Å². The van der Waals surface area contributed by atoms with Gasteiger partial charge in [0.25, 0.3) is 11.8 Å². The normalized spacial score (nSPS) is 14.0. The summed E-state index contributed by atoms with van der Waals surface area (Å²) in [6.45, 7) is 1.60. The Hall–Kier alpha value is -3.30. The third-order valence-electron chi connectivity index (χ3n) is 5.61. The number of rotatable bonds is 7. The average molecular weight is 498 g/mol. The quantitative estimate of drug-likeness (QED) is 0.513. The van der Waals surface area contributed by atoms with Gasteiger partial charge < -0.3 is 15.5 Å². The largest absolute Gasteiger partial charge is 0.352 e. The van der Waals surface area contributed by atoms with Gasteiger partial charge in [-0.05, 0) is 48.6 Å². The molecular formula is C24H24ClN5O3S. The Morgan fingerprint density at radius 3 is 2.35 bits per heavy atom. The molecule has 1 aromatic heterocycles. The second kappa shape index (κ2) is 11.2. The molecule has 0 spiro atoms. The molecule has 0 radical (unpaired) electrons. The van der Waals surface area contributed by atoms with E-state index in [9.17, 15) is 14.4 Å².